The maximum Gasteiger partial charge on any atom is 0.107 e. The zero-order valence-electron chi connectivity index (χ0n) is 13.1. The van der Waals surface area contributed by atoms with Crippen molar-refractivity contribution in [1.82, 2.24) is 14.8 Å². The molecule has 0 spiro atoms. The Balaban J connectivity index is 1.57. The van der Waals surface area contributed by atoms with E-state index in [0.717, 1.165) is 13.1 Å². The predicted molar refractivity (Wildman–Crippen MR) is 91.2 cm³/mol. The summed E-state index contributed by atoms with van der Waals surface area (Å²) >= 11 is 1.77. The number of thiazole rings is 1. The zero-order valence-corrected chi connectivity index (χ0v) is 13.9. The first-order chi connectivity index (χ1) is 10.8. The van der Waals surface area contributed by atoms with Crippen LogP contribution in [0.2, 0.25) is 0 Å². The summed E-state index contributed by atoms with van der Waals surface area (Å²) in [5, 5.41) is 3.32. The molecule has 22 heavy (non-hydrogen) atoms. The predicted octanol–water partition coefficient (Wildman–Crippen LogP) is 2.99. The van der Waals surface area contributed by atoms with Crippen LogP contribution in [0.25, 0.3) is 0 Å². The van der Waals surface area contributed by atoms with Gasteiger partial charge < -0.3 is 4.90 Å². The lowest BCUT2D eigenvalue weighted by atomic mass is 9.69. The Hall–Kier alpha value is -1.23. The maximum atomic E-state index is 4.45. The number of hydrogen-bond acceptors (Lipinski definition) is 4. The molecular formula is C18H23N3S. The number of hydrogen-bond donors (Lipinski definition) is 0. The molecule has 0 aliphatic carbocycles. The van der Waals surface area contributed by atoms with Crippen LogP contribution in [0, 0.1) is 0 Å². The Morgan fingerprint density at radius 3 is 2.82 bits per heavy atom. The Labute approximate surface area is 136 Å². The van der Waals surface area contributed by atoms with Gasteiger partial charge in [0.25, 0.3) is 0 Å². The minimum absolute atomic E-state index is 0.357. The molecule has 2 aliphatic heterocycles. The fourth-order valence-corrected chi connectivity index (χ4v) is 4.99. The summed E-state index contributed by atoms with van der Waals surface area (Å²) in [5.41, 5.74) is 1.90. The molecule has 2 aromatic rings. The third kappa shape index (κ3) is 2.39. The molecule has 0 N–H and O–H groups in total. The van der Waals surface area contributed by atoms with E-state index in [0.29, 0.717) is 11.5 Å². The molecule has 0 amide bonds. The molecule has 0 radical (unpaired) electrons. The van der Waals surface area contributed by atoms with Gasteiger partial charge in [-0.05, 0) is 38.5 Å². The molecule has 1 aromatic heterocycles. The summed E-state index contributed by atoms with van der Waals surface area (Å²) in [6, 6.07) is 11.8. The van der Waals surface area contributed by atoms with Gasteiger partial charge >= 0.3 is 0 Å². The molecule has 116 valence electrons. The van der Waals surface area contributed by atoms with E-state index in [1.807, 2.05) is 6.20 Å². The van der Waals surface area contributed by atoms with Crippen molar-refractivity contribution in [2.75, 3.05) is 26.7 Å². The van der Waals surface area contributed by atoms with Crippen molar-refractivity contribution in [3.05, 3.63) is 52.5 Å². The van der Waals surface area contributed by atoms with Crippen LogP contribution in [0.4, 0.5) is 0 Å². The first kappa shape index (κ1) is 14.4. The van der Waals surface area contributed by atoms with Crippen LogP contribution in [-0.2, 0) is 12.0 Å². The zero-order chi connectivity index (χ0) is 15.0. The number of aromatic nitrogens is 1. The topological polar surface area (TPSA) is 19.4 Å². The smallest absolute Gasteiger partial charge is 0.107 e. The Bertz CT molecular complexity index is 613. The van der Waals surface area contributed by atoms with Gasteiger partial charge in [0.2, 0.25) is 0 Å². The van der Waals surface area contributed by atoms with Crippen LogP contribution >= 0.6 is 11.3 Å². The van der Waals surface area contributed by atoms with Gasteiger partial charge in [-0.3, -0.25) is 4.90 Å². The summed E-state index contributed by atoms with van der Waals surface area (Å²) in [7, 11) is 2.29. The van der Waals surface area contributed by atoms with E-state index in [9.17, 15) is 0 Å². The lowest BCUT2D eigenvalue weighted by molar-refractivity contribution is 0.0916. The SMILES string of the molecule is CN1CCC2(c3ccccc3)CCN(Cc3nccs3)CC12. The summed E-state index contributed by atoms with van der Waals surface area (Å²) in [6.07, 6.45) is 4.47. The van der Waals surface area contributed by atoms with Crippen molar-refractivity contribution < 1.29 is 0 Å². The second-order valence-electron chi connectivity index (χ2n) is 6.68. The van der Waals surface area contributed by atoms with Crippen LogP contribution in [0.1, 0.15) is 23.4 Å². The molecule has 2 fully saturated rings. The van der Waals surface area contributed by atoms with E-state index < -0.39 is 0 Å². The van der Waals surface area contributed by atoms with Gasteiger partial charge in [0.1, 0.15) is 5.01 Å². The number of benzene rings is 1. The molecule has 0 saturated carbocycles. The Morgan fingerprint density at radius 1 is 1.23 bits per heavy atom. The fraction of sp³-hybridized carbons (Fsp3) is 0.500. The molecule has 4 rings (SSSR count). The molecular weight excluding hydrogens is 290 g/mol. The van der Waals surface area contributed by atoms with Gasteiger partial charge in [-0.2, -0.15) is 0 Å². The number of fused-ring (bicyclic) bond motifs is 1. The highest BCUT2D eigenvalue weighted by molar-refractivity contribution is 7.09. The molecule has 2 atom stereocenters. The molecule has 4 heteroatoms. The summed E-state index contributed by atoms with van der Waals surface area (Å²) in [4.78, 5) is 9.61. The second-order valence-corrected chi connectivity index (χ2v) is 7.66. The van der Waals surface area contributed by atoms with Gasteiger partial charge in [-0.1, -0.05) is 30.3 Å². The van der Waals surface area contributed by atoms with E-state index in [4.69, 9.17) is 0 Å². The van der Waals surface area contributed by atoms with E-state index >= 15 is 0 Å². The largest absolute Gasteiger partial charge is 0.301 e. The van der Waals surface area contributed by atoms with Crippen LogP contribution in [-0.4, -0.2) is 47.5 Å². The number of piperidine rings is 1. The number of likely N-dealkylation sites (N-methyl/N-ethyl adjacent to an activating group) is 1. The van der Waals surface area contributed by atoms with E-state index in [-0.39, 0.29) is 0 Å². The minimum Gasteiger partial charge on any atom is -0.301 e. The van der Waals surface area contributed by atoms with Crippen LogP contribution < -0.4 is 0 Å². The second kappa shape index (κ2) is 5.76. The van der Waals surface area contributed by atoms with Crippen molar-refractivity contribution in [2.45, 2.75) is 30.8 Å². The third-order valence-electron chi connectivity index (χ3n) is 5.58. The van der Waals surface area contributed by atoms with Crippen molar-refractivity contribution in [3.63, 3.8) is 0 Å². The monoisotopic (exact) mass is 313 g/mol. The van der Waals surface area contributed by atoms with Crippen LogP contribution in [0.3, 0.4) is 0 Å². The molecule has 1 aromatic carbocycles. The minimum atomic E-state index is 0.357. The quantitative estimate of drug-likeness (QED) is 0.868. The molecule has 3 nitrogen and oxygen atoms in total. The van der Waals surface area contributed by atoms with Crippen molar-refractivity contribution in [2.24, 2.45) is 0 Å². The lowest BCUT2D eigenvalue weighted by Crippen LogP contribution is -2.54. The molecule has 3 heterocycles. The average molecular weight is 313 g/mol. The van der Waals surface area contributed by atoms with Gasteiger partial charge in [-0.25, -0.2) is 4.98 Å². The van der Waals surface area contributed by atoms with Crippen molar-refractivity contribution in [1.29, 1.82) is 0 Å². The molecule has 0 bridgehead atoms. The van der Waals surface area contributed by atoms with Gasteiger partial charge in [0.05, 0.1) is 6.54 Å². The third-order valence-corrected chi connectivity index (χ3v) is 6.34. The normalized spacial score (nSPS) is 29.6. The maximum absolute atomic E-state index is 4.45. The Kier molecular flexibility index (Phi) is 3.76. The van der Waals surface area contributed by atoms with E-state index in [2.05, 4.69) is 57.5 Å². The van der Waals surface area contributed by atoms with Gasteiger partial charge in [0, 0.05) is 29.6 Å². The first-order valence-corrected chi connectivity index (χ1v) is 9.02. The molecule has 2 unspecified atom stereocenters. The standard InChI is InChI=1S/C18H23N3S/c1-20-10-7-18(15-5-3-2-4-6-15)8-11-21(13-16(18)20)14-17-19-9-12-22-17/h2-6,9,12,16H,7-8,10-11,13-14H2,1H3. The average Bonchev–Trinajstić information content (AvgIpc) is 3.18. The highest BCUT2D eigenvalue weighted by atomic mass is 32.1. The Morgan fingerprint density at radius 2 is 2.05 bits per heavy atom. The fourth-order valence-electron chi connectivity index (χ4n) is 4.34. The first-order valence-electron chi connectivity index (χ1n) is 8.14. The molecule has 2 saturated heterocycles. The highest BCUT2D eigenvalue weighted by Crippen LogP contribution is 2.45. The van der Waals surface area contributed by atoms with Crippen molar-refractivity contribution in [3.8, 4) is 0 Å². The van der Waals surface area contributed by atoms with Gasteiger partial charge in [0.15, 0.2) is 0 Å². The van der Waals surface area contributed by atoms with E-state index in [1.165, 1.54) is 30.9 Å². The number of rotatable bonds is 3. The van der Waals surface area contributed by atoms with Crippen LogP contribution in [0.15, 0.2) is 41.9 Å². The summed E-state index contributed by atoms with van der Waals surface area (Å²) < 4.78 is 0. The lowest BCUT2D eigenvalue weighted by Gasteiger charge is -2.46. The molecule has 2 aliphatic rings. The van der Waals surface area contributed by atoms with Gasteiger partial charge in [-0.15, -0.1) is 11.3 Å². The number of likely N-dealkylation sites (tertiary alicyclic amines) is 2. The van der Waals surface area contributed by atoms with Crippen molar-refractivity contribution >= 4 is 11.3 Å². The number of nitrogens with zero attached hydrogens (tertiary/aromatic N) is 3. The van der Waals surface area contributed by atoms with Crippen LogP contribution in [0.5, 0.6) is 0 Å². The summed E-state index contributed by atoms with van der Waals surface area (Å²) in [6.45, 7) is 4.56. The summed E-state index contributed by atoms with van der Waals surface area (Å²) in [5.74, 6) is 0. The van der Waals surface area contributed by atoms with E-state index in [1.54, 1.807) is 16.9 Å². The highest BCUT2D eigenvalue weighted by Gasteiger charge is 2.49.